The molecule has 11 rings (SSSR count). The van der Waals surface area contributed by atoms with Gasteiger partial charge in [-0.3, -0.25) is 0 Å². The molecular weight excluding hydrogens is 675 g/mol. The Balaban J connectivity index is 1.14. The van der Waals surface area contributed by atoms with Crippen LogP contribution in [0.15, 0.2) is 164 Å². The molecule has 0 fully saturated rings. The molecule has 8 aromatic carbocycles. The number of aromatic nitrogens is 3. The number of thiophene rings is 1. The van der Waals surface area contributed by atoms with E-state index in [1.54, 1.807) is 0 Å². The van der Waals surface area contributed by atoms with Crippen molar-refractivity contribution in [3.05, 3.63) is 175 Å². The summed E-state index contributed by atoms with van der Waals surface area (Å²) in [4.78, 5) is 15.7. The topological polar surface area (TPSA) is 38.7 Å². The molecule has 3 nitrogen and oxygen atoms in total. The highest BCUT2D eigenvalue weighted by Gasteiger charge is 2.35. The van der Waals surface area contributed by atoms with Crippen molar-refractivity contribution >= 4 is 53.1 Å². The van der Waals surface area contributed by atoms with Gasteiger partial charge in [0.25, 0.3) is 0 Å². The van der Waals surface area contributed by atoms with E-state index in [0.717, 1.165) is 22.1 Å². The lowest BCUT2D eigenvalue weighted by Gasteiger charge is -2.21. The van der Waals surface area contributed by atoms with Crippen LogP contribution in [0.5, 0.6) is 0 Å². The summed E-state index contributed by atoms with van der Waals surface area (Å²) in [7, 11) is 0. The van der Waals surface area contributed by atoms with Crippen LogP contribution in [0.2, 0.25) is 0 Å². The zero-order valence-corrected chi connectivity index (χ0v) is 30.7. The number of nitrogens with zero attached hydrogens (tertiary/aromatic N) is 3. The van der Waals surface area contributed by atoms with Crippen molar-refractivity contribution in [2.45, 2.75) is 19.3 Å². The normalized spacial score (nSPS) is 13.1. The summed E-state index contributed by atoms with van der Waals surface area (Å²) in [6.07, 6.45) is 0. The van der Waals surface area contributed by atoms with Gasteiger partial charge in [-0.15, -0.1) is 11.3 Å². The Morgan fingerprint density at radius 3 is 1.81 bits per heavy atom. The van der Waals surface area contributed by atoms with E-state index in [1.807, 2.05) is 29.5 Å². The molecule has 0 bridgehead atoms. The molecule has 0 saturated carbocycles. The molecule has 2 aromatic heterocycles. The molecule has 1 aliphatic carbocycles. The lowest BCUT2D eigenvalue weighted by molar-refractivity contribution is 0.660. The monoisotopic (exact) mass is 707 g/mol. The van der Waals surface area contributed by atoms with E-state index in [-0.39, 0.29) is 5.41 Å². The predicted octanol–water partition coefficient (Wildman–Crippen LogP) is 13.5. The highest BCUT2D eigenvalue weighted by molar-refractivity contribution is 7.27. The Labute approximate surface area is 317 Å². The van der Waals surface area contributed by atoms with Crippen LogP contribution < -0.4 is 0 Å². The van der Waals surface area contributed by atoms with Gasteiger partial charge in [0.05, 0.1) is 0 Å². The van der Waals surface area contributed by atoms with Crippen LogP contribution in [0.25, 0.3) is 98.1 Å². The number of rotatable bonds is 4. The van der Waals surface area contributed by atoms with Crippen LogP contribution in [0, 0.1) is 0 Å². The molecule has 4 heteroatoms. The van der Waals surface area contributed by atoms with Gasteiger partial charge in [0, 0.05) is 47.7 Å². The highest BCUT2D eigenvalue weighted by Crippen LogP contribution is 2.50. The van der Waals surface area contributed by atoms with E-state index in [4.69, 9.17) is 15.0 Å². The van der Waals surface area contributed by atoms with Crippen LogP contribution in [0.1, 0.15) is 25.0 Å². The third-order valence-corrected chi connectivity index (χ3v) is 12.6. The first kappa shape index (κ1) is 31.1. The summed E-state index contributed by atoms with van der Waals surface area (Å²) in [5.41, 5.74) is 10.6. The van der Waals surface area contributed by atoms with Crippen molar-refractivity contribution in [2.75, 3.05) is 0 Å². The van der Waals surface area contributed by atoms with Gasteiger partial charge in [-0.1, -0.05) is 166 Å². The Hall–Kier alpha value is -6.49. The van der Waals surface area contributed by atoms with Crippen molar-refractivity contribution in [2.24, 2.45) is 0 Å². The number of fused-ring (bicyclic) bond motifs is 10. The lowest BCUT2D eigenvalue weighted by Crippen LogP contribution is -2.15. The molecule has 0 spiro atoms. The summed E-state index contributed by atoms with van der Waals surface area (Å²) in [6, 6.07) is 58.7. The minimum absolute atomic E-state index is 0.131. The van der Waals surface area contributed by atoms with Gasteiger partial charge in [-0.2, -0.15) is 0 Å². The lowest BCUT2D eigenvalue weighted by atomic mass is 9.82. The van der Waals surface area contributed by atoms with E-state index in [2.05, 4.69) is 159 Å². The van der Waals surface area contributed by atoms with Gasteiger partial charge in [-0.25, -0.2) is 15.0 Å². The Morgan fingerprint density at radius 1 is 0.389 bits per heavy atom. The predicted molar refractivity (Wildman–Crippen MR) is 227 cm³/mol. The zero-order chi connectivity index (χ0) is 36.0. The minimum atomic E-state index is -0.131. The zero-order valence-electron chi connectivity index (χ0n) is 29.8. The maximum Gasteiger partial charge on any atom is 0.164 e. The first-order valence-electron chi connectivity index (χ1n) is 18.4. The molecule has 0 N–H and O–H groups in total. The largest absolute Gasteiger partial charge is 0.208 e. The molecular formula is C50H33N3S. The smallest absolute Gasteiger partial charge is 0.164 e. The molecule has 2 heterocycles. The molecule has 1 aliphatic rings. The molecule has 0 atom stereocenters. The molecule has 0 aliphatic heterocycles. The third-order valence-electron chi connectivity index (χ3n) is 11.3. The average Bonchev–Trinajstić information content (AvgIpc) is 3.73. The van der Waals surface area contributed by atoms with Crippen LogP contribution in [-0.4, -0.2) is 15.0 Å². The molecule has 0 saturated heterocycles. The molecule has 0 unspecified atom stereocenters. The number of benzene rings is 8. The molecule has 254 valence electrons. The highest BCUT2D eigenvalue weighted by atomic mass is 32.1. The van der Waals surface area contributed by atoms with Crippen molar-refractivity contribution in [1.82, 2.24) is 15.0 Å². The maximum absolute atomic E-state index is 5.30. The second kappa shape index (κ2) is 11.8. The summed E-state index contributed by atoms with van der Waals surface area (Å²) in [5.74, 6) is 2.00. The fourth-order valence-electron chi connectivity index (χ4n) is 8.66. The van der Waals surface area contributed by atoms with E-state index in [9.17, 15) is 0 Å². The SMILES string of the molecule is CC1(C)c2ccccc2-c2ccc(-c3nc(-c4ccccc4)nc(-c4cc5ccc6c7cccc(-c8ccccc8)c7sc6c5c5ccccc45)n3)cc21. The Morgan fingerprint density at radius 2 is 1.00 bits per heavy atom. The van der Waals surface area contributed by atoms with Crippen LogP contribution in [0.4, 0.5) is 0 Å². The number of hydrogen-bond donors (Lipinski definition) is 0. The van der Waals surface area contributed by atoms with Crippen LogP contribution in [-0.2, 0) is 5.41 Å². The fraction of sp³-hybridized carbons (Fsp3) is 0.0600. The molecule has 0 amide bonds. The first-order chi connectivity index (χ1) is 26.5. The second-order valence-corrected chi connectivity index (χ2v) is 15.8. The standard InChI is InChI=1S/C50H33N3S/c1-50(2)42-23-12-11-19-36(42)37-26-25-33(29-43(37)50)48-51-47(31-16-7-4-8-17-31)52-49(53-48)41-28-32-24-27-40-39-22-13-21-34(30-14-5-3-6-15-30)45(39)54-46(40)44(32)38-20-10-9-18-35(38)41/h3-29H,1-2H3. The van der Waals surface area contributed by atoms with Gasteiger partial charge in [0.15, 0.2) is 17.5 Å². The van der Waals surface area contributed by atoms with Crippen LogP contribution >= 0.6 is 11.3 Å². The minimum Gasteiger partial charge on any atom is -0.208 e. The van der Waals surface area contributed by atoms with E-state index in [1.165, 1.54) is 69.7 Å². The first-order valence-corrected chi connectivity index (χ1v) is 19.3. The Kier molecular flexibility index (Phi) is 6.77. The summed E-state index contributed by atoms with van der Waals surface area (Å²) < 4.78 is 2.62. The van der Waals surface area contributed by atoms with Gasteiger partial charge >= 0.3 is 0 Å². The third kappa shape index (κ3) is 4.63. The van der Waals surface area contributed by atoms with Crippen molar-refractivity contribution < 1.29 is 0 Å². The van der Waals surface area contributed by atoms with Crippen molar-refractivity contribution in [1.29, 1.82) is 0 Å². The van der Waals surface area contributed by atoms with Crippen LogP contribution in [0.3, 0.4) is 0 Å². The van der Waals surface area contributed by atoms with E-state index in [0.29, 0.717) is 17.5 Å². The summed E-state index contributed by atoms with van der Waals surface area (Å²) in [5, 5.41) is 7.34. The van der Waals surface area contributed by atoms with Gasteiger partial charge < -0.3 is 0 Å². The summed E-state index contributed by atoms with van der Waals surface area (Å²) >= 11 is 1.89. The van der Waals surface area contributed by atoms with Crippen molar-refractivity contribution in [3.63, 3.8) is 0 Å². The number of hydrogen-bond acceptors (Lipinski definition) is 4. The second-order valence-electron chi connectivity index (χ2n) is 14.8. The van der Waals surface area contributed by atoms with Gasteiger partial charge in [-0.05, 0) is 61.7 Å². The molecule has 0 radical (unpaired) electrons. The summed E-state index contributed by atoms with van der Waals surface area (Å²) in [6.45, 7) is 4.62. The fourth-order valence-corrected chi connectivity index (χ4v) is 10.1. The van der Waals surface area contributed by atoms with Crippen molar-refractivity contribution in [3.8, 4) is 56.4 Å². The van der Waals surface area contributed by atoms with E-state index >= 15 is 0 Å². The Bertz CT molecular complexity index is 3120. The van der Waals surface area contributed by atoms with Gasteiger partial charge in [0.1, 0.15) is 0 Å². The van der Waals surface area contributed by atoms with Gasteiger partial charge in [0.2, 0.25) is 0 Å². The van der Waals surface area contributed by atoms with E-state index < -0.39 is 0 Å². The maximum atomic E-state index is 5.30. The molecule has 54 heavy (non-hydrogen) atoms. The molecule has 10 aromatic rings. The average molecular weight is 708 g/mol. The quantitative estimate of drug-likeness (QED) is 0.171.